The lowest BCUT2D eigenvalue weighted by molar-refractivity contribution is 0.0888. The predicted molar refractivity (Wildman–Crippen MR) is 112 cm³/mol. The van der Waals surface area contributed by atoms with E-state index in [-0.39, 0.29) is 17.0 Å². The van der Waals surface area contributed by atoms with Crippen LogP contribution in [0.3, 0.4) is 0 Å². The van der Waals surface area contributed by atoms with Crippen LogP contribution >= 0.6 is 22.9 Å². The molecule has 1 saturated heterocycles. The Balaban J connectivity index is 1.79. The third-order valence-electron chi connectivity index (χ3n) is 5.02. The molecule has 0 radical (unpaired) electrons. The van der Waals surface area contributed by atoms with Crippen molar-refractivity contribution in [2.24, 2.45) is 0 Å². The molecule has 1 aromatic carbocycles. The molecule has 8 heteroatoms. The maximum Gasteiger partial charge on any atom is 0.240 e. The lowest BCUT2D eigenvalue weighted by Crippen LogP contribution is -2.52. The van der Waals surface area contributed by atoms with Gasteiger partial charge in [0.05, 0.1) is 10.9 Å². The Kier molecular flexibility index (Phi) is 6.94. The fraction of sp³-hybridized carbons (Fsp3) is 0.474. The Hall–Kier alpha value is -0.960. The zero-order valence-corrected chi connectivity index (χ0v) is 18.0. The van der Waals surface area contributed by atoms with Crippen molar-refractivity contribution >= 4 is 33.0 Å². The number of piperazine rings is 1. The van der Waals surface area contributed by atoms with Gasteiger partial charge in [0.15, 0.2) is 0 Å². The van der Waals surface area contributed by atoms with E-state index in [2.05, 4.69) is 27.5 Å². The van der Waals surface area contributed by atoms with Crippen LogP contribution in [0.25, 0.3) is 0 Å². The van der Waals surface area contributed by atoms with Gasteiger partial charge in [-0.15, -0.1) is 11.3 Å². The van der Waals surface area contributed by atoms with E-state index in [1.807, 2.05) is 18.4 Å². The molecule has 148 valence electrons. The van der Waals surface area contributed by atoms with Crippen LogP contribution in [0.1, 0.15) is 24.8 Å². The number of rotatable bonds is 7. The average molecular weight is 428 g/mol. The first-order chi connectivity index (χ1) is 12.9. The Morgan fingerprint density at radius 1 is 1.15 bits per heavy atom. The molecular weight excluding hydrogens is 402 g/mol. The van der Waals surface area contributed by atoms with Gasteiger partial charge in [-0.1, -0.05) is 24.6 Å². The summed E-state index contributed by atoms with van der Waals surface area (Å²) in [4.78, 5) is 6.24. The lowest BCUT2D eigenvalue weighted by atomic mass is 10.1. The van der Waals surface area contributed by atoms with Crippen molar-refractivity contribution in [2.45, 2.75) is 30.8 Å². The van der Waals surface area contributed by atoms with E-state index in [1.54, 1.807) is 23.5 Å². The zero-order chi connectivity index (χ0) is 19.4. The van der Waals surface area contributed by atoms with E-state index in [0.29, 0.717) is 5.02 Å². The first-order valence-electron chi connectivity index (χ1n) is 9.18. The largest absolute Gasteiger partial charge is 0.301 e. The summed E-state index contributed by atoms with van der Waals surface area (Å²) in [6.07, 6.45) is 0. The van der Waals surface area contributed by atoms with Crippen molar-refractivity contribution in [2.75, 3.05) is 32.7 Å². The monoisotopic (exact) mass is 427 g/mol. The quantitative estimate of drug-likeness (QED) is 0.735. The molecule has 5 nitrogen and oxygen atoms in total. The van der Waals surface area contributed by atoms with Crippen LogP contribution in [0.4, 0.5) is 0 Å². The van der Waals surface area contributed by atoms with Crippen molar-refractivity contribution in [3.8, 4) is 0 Å². The number of thiophene rings is 1. The van der Waals surface area contributed by atoms with Crippen molar-refractivity contribution in [3.63, 3.8) is 0 Å². The van der Waals surface area contributed by atoms with Gasteiger partial charge in [-0.3, -0.25) is 4.90 Å². The van der Waals surface area contributed by atoms with Crippen molar-refractivity contribution < 1.29 is 8.42 Å². The lowest BCUT2D eigenvalue weighted by Gasteiger charge is -2.41. The smallest absolute Gasteiger partial charge is 0.240 e. The third-order valence-corrected chi connectivity index (χ3v) is 7.79. The first kappa shape index (κ1) is 20.8. The molecule has 1 aliphatic rings. The summed E-state index contributed by atoms with van der Waals surface area (Å²) in [5.41, 5.74) is 0. The zero-order valence-electron chi connectivity index (χ0n) is 15.6. The number of hydrogen-bond acceptors (Lipinski definition) is 5. The second-order valence-corrected chi connectivity index (χ2v) is 9.92. The summed E-state index contributed by atoms with van der Waals surface area (Å²) in [7, 11) is -3.61. The number of hydrogen-bond donors (Lipinski definition) is 1. The number of nitrogens with one attached hydrogen (secondary N) is 1. The highest BCUT2D eigenvalue weighted by Gasteiger charge is 2.32. The molecule has 0 aliphatic carbocycles. The van der Waals surface area contributed by atoms with Gasteiger partial charge in [0.25, 0.3) is 0 Å². The molecule has 0 amide bonds. The summed E-state index contributed by atoms with van der Waals surface area (Å²) >= 11 is 7.56. The Labute approximate surface area is 171 Å². The van der Waals surface area contributed by atoms with Gasteiger partial charge < -0.3 is 4.90 Å². The van der Waals surface area contributed by atoms with E-state index in [0.717, 1.165) is 32.7 Å². The minimum absolute atomic E-state index is 0.0195. The molecule has 2 heterocycles. The molecule has 0 bridgehead atoms. The maximum atomic E-state index is 12.8. The molecule has 27 heavy (non-hydrogen) atoms. The van der Waals surface area contributed by atoms with E-state index < -0.39 is 10.0 Å². The van der Waals surface area contributed by atoms with Crippen molar-refractivity contribution in [1.82, 2.24) is 14.5 Å². The molecule has 2 aromatic rings. The molecule has 1 aromatic heterocycles. The molecule has 3 rings (SSSR count). The topological polar surface area (TPSA) is 52.6 Å². The molecule has 1 N–H and O–H groups in total. The highest BCUT2D eigenvalue weighted by Crippen LogP contribution is 2.30. The minimum Gasteiger partial charge on any atom is -0.301 e. The summed E-state index contributed by atoms with van der Waals surface area (Å²) in [6.45, 7) is 9.06. The fourth-order valence-electron chi connectivity index (χ4n) is 3.55. The Bertz CT molecular complexity index is 817. The molecule has 1 aliphatic heterocycles. The number of benzene rings is 1. The van der Waals surface area contributed by atoms with E-state index in [1.165, 1.54) is 17.0 Å². The summed E-state index contributed by atoms with van der Waals surface area (Å²) in [5, 5.41) is 2.57. The average Bonchev–Trinajstić information content (AvgIpc) is 3.16. The van der Waals surface area contributed by atoms with Crippen LogP contribution in [-0.4, -0.2) is 57.0 Å². The van der Waals surface area contributed by atoms with Crippen LogP contribution in [0, 0.1) is 0 Å². The predicted octanol–water partition coefficient (Wildman–Crippen LogP) is 3.45. The summed E-state index contributed by atoms with van der Waals surface area (Å²) in [5.74, 6) is 0. The summed E-state index contributed by atoms with van der Waals surface area (Å²) < 4.78 is 28.5. The second kappa shape index (κ2) is 9.03. The third kappa shape index (κ3) is 5.10. The Morgan fingerprint density at radius 3 is 2.37 bits per heavy atom. The van der Waals surface area contributed by atoms with Gasteiger partial charge in [0.1, 0.15) is 0 Å². The van der Waals surface area contributed by atoms with E-state index >= 15 is 0 Å². The molecule has 0 spiro atoms. The number of sulfonamides is 1. The molecular formula is C19H26ClN3O2S2. The van der Waals surface area contributed by atoms with Gasteiger partial charge in [-0.25, -0.2) is 13.1 Å². The van der Waals surface area contributed by atoms with Gasteiger partial charge in [0, 0.05) is 42.1 Å². The highest BCUT2D eigenvalue weighted by atomic mass is 35.5. The number of nitrogens with zero attached hydrogens (tertiary/aromatic N) is 2. The summed E-state index contributed by atoms with van der Waals surface area (Å²) in [6, 6.07) is 10.2. The molecule has 0 saturated carbocycles. The first-order valence-corrected chi connectivity index (χ1v) is 11.9. The maximum absolute atomic E-state index is 12.8. The number of likely N-dealkylation sites (N-methyl/N-ethyl adjacent to an activating group) is 1. The standard InChI is InChI=1S/C19H26ClN3O2S2/c1-3-22-10-12-23(13-11-22)19(18-5-4-14-26-18)15(2)21-27(24,25)17-8-6-16(20)7-9-17/h4-9,14-15,19,21H,3,10-13H2,1-2H3/t15-,19-/m0/s1. The van der Waals surface area contributed by atoms with Crippen molar-refractivity contribution in [3.05, 3.63) is 51.7 Å². The molecule has 0 unspecified atom stereocenters. The normalized spacial score (nSPS) is 19.1. The Morgan fingerprint density at radius 2 is 1.81 bits per heavy atom. The highest BCUT2D eigenvalue weighted by molar-refractivity contribution is 7.89. The van der Waals surface area contributed by atoms with Gasteiger partial charge in [-0.05, 0) is 49.2 Å². The van der Waals surface area contributed by atoms with Crippen LogP contribution in [0.5, 0.6) is 0 Å². The fourth-order valence-corrected chi connectivity index (χ4v) is 5.89. The molecule has 2 atom stereocenters. The number of halogens is 1. The van der Waals surface area contributed by atoms with Gasteiger partial charge in [-0.2, -0.15) is 0 Å². The van der Waals surface area contributed by atoms with Crippen LogP contribution in [0.2, 0.25) is 5.02 Å². The second-order valence-electron chi connectivity index (χ2n) is 6.79. The van der Waals surface area contributed by atoms with Crippen LogP contribution < -0.4 is 4.72 Å². The van der Waals surface area contributed by atoms with E-state index in [4.69, 9.17) is 11.6 Å². The van der Waals surface area contributed by atoms with Gasteiger partial charge in [0.2, 0.25) is 10.0 Å². The van der Waals surface area contributed by atoms with Crippen molar-refractivity contribution in [1.29, 1.82) is 0 Å². The van der Waals surface area contributed by atoms with Crippen LogP contribution in [0.15, 0.2) is 46.7 Å². The minimum atomic E-state index is -3.61. The van der Waals surface area contributed by atoms with Gasteiger partial charge >= 0.3 is 0 Å². The SMILES string of the molecule is CCN1CCN([C@H](c2cccs2)[C@H](C)NS(=O)(=O)c2ccc(Cl)cc2)CC1. The van der Waals surface area contributed by atoms with E-state index in [9.17, 15) is 8.42 Å². The van der Waals surface area contributed by atoms with Crippen LogP contribution in [-0.2, 0) is 10.0 Å². The molecule has 1 fully saturated rings.